The predicted molar refractivity (Wildman–Crippen MR) is 91.0 cm³/mol. The number of carbonyl (C=O) groups excluding carboxylic acids is 1. The van der Waals surface area contributed by atoms with Gasteiger partial charge < -0.3 is 9.84 Å². The van der Waals surface area contributed by atoms with Crippen molar-refractivity contribution in [1.29, 1.82) is 0 Å². The largest absolute Gasteiger partial charge is 0.478 e. The van der Waals surface area contributed by atoms with Crippen molar-refractivity contribution >= 4 is 11.9 Å². The summed E-state index contributed by atoms with van der Waals surface area (Å²) in [6, 6.07) is 16.0. The van der Waals surface area contributed by atoms with Crippen molar-refractivity contribution in [3.8, 4) is 0 Å². The van der Waals surface area contributed by atoms with E-state index in [1.165, 1.54) is 24.7 Å². The molecule has 0 amide bonds. The Morgan fingerprint density at radius 3 is 1.92 bits per heavy atom. The highest BCUT2D eigenvalue weighted by atomic mass is 16.5. The van der Waals surface area contributed by atoms with Crippen LogP contribution in [0.5, 0.6) is 0 Å². The minimum absolute atomic E-state index is 0.220. The van der Waals surface area contributed by atoms with Crippen LogP contribution in [0.4, 0.5) is 0 Å². The molecule has 0 fully saturated rings. The zero-order chi connectivity index (χ0) is 17.9. The van der Waals surface area contributed by atoms with Gasteiger partial charge in [0.2, 0.25) is 0 Å². The first-order chi connectivity index (χ1) is 12.2. The Morgan fingerprint density at radius 2 is 1.44 bits per heavy atom. The van der Waals surface area contributed by atoms with E-state index in [4.69, 9.17) is 9.84 Å². The van der Waals surface area contributed by atoms with Crippen molar-refractivity contribution in [2.24, 2.45) is 0 Å². The molecule has 0 unspecified atom stereocenters. The molecule has 0 saturated heterocycles. The number of hydrogen-bond donors (Lipinski definition) is 1. The molecule has 0 bridgehead atoms. The van der Waals surface area contributed by atoms with Gasteiger partial charge in [0.05, 0.1) is 11.1 Å². The Morgan fingerprint density at radius 1 is 0.840 bits per heavy atom. The molecule has 25 heavy (non-hydrogen) atoms. The van der Waals surface area contributed by atoms with Crippen LogP contribution in [0.1, 0.15) is 26.3 Å². The minimum Gasteiger partial charge on any atom is -0.478 e. The molecule has 0 radical (unpaired) electrons. The smallest absolute Gasteiger partial charge is 0.340 e. The summed E-state index contributed by atoms with van der Waals surface area (Å²) in [5, 5.41) is 8.34. The number of benzene rings is 1. The number of carboxylic acid groups (broad SMARTS) is 1. The van der Waals surface area contributed by atoms with E-state index in [9.17, 15) is 9.59 Å². The first-order valence-corrected chi connectivity index (χ1v) is 7.41. The van der Waals surface area contributed by atoms with Crippen LogP contribution in [0.25, 0.3) is 0 Å². The number of carboxylic acids is 1. The van der Waals surface area contributed by atoms with Gasteiger partial charge in [0.1, 0.15) is 6.61 Å². The van der Waals surface area contributed by atoms with Crippen LogP contribution < -0.4 is 0 Å². The van der Waals surface area contributed by atoms with E-state index in [1.807, 2.05) is 30.3 Å². The summed E-state index contributed by atoms with van der Waals surface area (Å²) >= 11 is 0. The average molecular weight is 336 g/mol. The van der Waals surface area contributed by atoms with Crippen molar-refractivity contribution in [2.75, 3.05) is 0 Å². The third-order valence-corrected chi connectivity index (χ3v) is 3.02. The first kappa shape index (κ1) is 17.8. The molecule has 0 aliphatic carbocycles. The molecule has 6 nitrogen and oxygen atoms in total. The van der Waals surface area contributed by atoms with E-state index in [0.717, 1.165) is 5.56 Å². The average Bonchev–Trinajstić information content (AvgIpc) is 2.69. The van der Waals surface area contributed by atoms with Crippen LogP contribution in [-0.4, -0.2) is 27.0 Å². The lowest BCUT2D eigenvalue weighted by atomic mass is 10.2. The molecule has 2 aromatic heterocycles. The van der Waals surface area contributed by atoms with Crippen molar-refractivity contribution < 1.29 is 19.4 Å². The van der Waals surface area contributed by atoms with Gasteiger partial charge in [-0.1, -0.05) is 30.3 Å². The van der Waals surface area contributed by atoms with Crippen LogP contribution >= 0.6 is 0 Å². The van der Waals surface area contributed by atoms with Gasteiger partial charge in [-0.05, 0) is 29.8 Å². The molecule has 6 heteroatoms. The number of pyridine rings is 2. The first-order valence-electron chi connectivity index (χ1n) is 7.41. The molecular weight excluding hydrogens is 320 g/mol. The van der Waals surface area contributed by atoms with Crippen LogP contribution in [0.15, 0.2) is 79.4 Å². The van der Waals surface area contributed by atoms with Gasteiger partial charge >= 0.3 is 11.9 Å². The van der Waals surface area contributed by atoms with E-state index in [0.29, 0.717) is 5.56 Å². The molecule has 3 aromatic rings. The minimum atomic E-state index is -0.942. The van der Waals surface area contributed by atoms with Gasteiger partial charge in [0.15, 0.2) is 0 Å². The van der Waals surface area contributed by atoms with E-state index in [1.54, 1.807) is 24.4 Å². The van der Waals surface area contributed by atoms with Gasteiger partial charge in [-0.3, -0.25) is 9.97 Å². The summed E-state index contributed by atoms with van der Waals surface area (Å²) in [4.78, 5) is 29.2. The lowest BCUT2D eigenvalue weighted by Gasteiger charge is -2.03. The summed E-state index contributed by atoms with van der Waals surface area (Å²) in [5.74, 6) is -1.29. The van der Waals surface area contributed by atoms with Gasteiger partial charge in [-0.15, -0.1) is 0 Å². The van der Waals surface area contributed by atoms with Crippen molar-refractivity contribution in [3.05, 3.63) is 96.1 Å². The van der Waals surface area contributed by atoms with Crippen LogP contribution in [0.2, 0.25) is 0 Å². The quantitative estimate of drug-likeness (QED) is 0.736. The summed E-state index contributed by atoms with van der Waals surface area (Å²) in [6.45, 7) is 0.286. The zero-order valence-corrected chi connectivity index (χ0v) is 13.3. The monoisotopic (exact) mass is 336 g/mol. The molecule has 2 heterocycles. The Kier molecular flexibility index (Phi) is 6.81. The van der Waals surface area contributed by atoms with E-state index in [2.05, 4.69) is 9.97 Å². The number of ether oxygens (including phenoxy) is 1. The second-order valence-electron chi connectivity index (χ2n) is 4.85. The summed E-state index contributed by atoms with van der Waals surface area (Å²) in [5.41, 5.74) is 1.66. The number of esters is 1. The zero-order valence-electron chi connectivity index (χ0n) is 13.3. The number of hydrogen-bond acceptors (Lipinski definition) is 5. The Labute approximate surface area is 144 Å². The number of nitrogens with zero attached hydrogens (tertiary/aromatic N) is 2. The highest BCUT2D eigenvalue weighted by Crippen LogP contribution is 2.04. The molecule has 3 rings (SSSR count). The molecule has 0 saturated carbocycles. The highest BCUT2D eigenvalue weighted by molar-refractivity contribution is 5.88. The second kappa shape index (κ2) is 9.57. The Balaban J connectivity index is 0.000000212. The lowest BCUT2D eigenvalue weighted by molar-refractivity contribution is 0.0472. The fraction of sp³-hybridized carbons (Fsp3) is 0.0526. The Hall–Kier alpha value is -3.54. The van der Waals surface area contributed by atoms with E-state index in [-0.39, 0.29) is 18.1 Å². The highest BCUT2D eigenvalue weighted by Gasteiger charge is 2.06. The summed E-state index contributed by atoms with van der Waals surface area (Å²) in [7, 11) is 0. The number of carbonyl (C=O) groups is 2. The topological polar surface area (TPSA) is 89.4 Å². The van der Waals surface area contributed by atoms with Crippen LogP contribution in [0.3, 0.4) is 0 Å². The number of aromatic carboxylic acids is 1. The maximum absolute atomic E-state index is 11.6. The van der Waals surface area contributed by atoms with Crippen molar-refractivity contribution in [1.82, 2.24) is 9.97 Å². The lowest BCUT2D eigenvalue weighted by Crippen LogP contribution is -2.05. The SMILES string of the molecule is O=C(O)c1cccnc1.O=C(OCc1ccccc1)c1cccnc1. The third-order valence-electron chi connectivity index (χ3n) is 3.02. The van der Waals surface area contributed by atoms with Crippen molar-refractivity contribution in [2.45, 2.75) is 6.61 Å². The molecule has 0 aliphatic heterocycles. The summed E-state index contributed by atoms with van der Waals surface area (Å²) in [6.07, 6.45) is 5.95. The third kappa shape index (κ3) is 6.23. The molecule has 126 valence electrons. The number of rotatable bonds is 4. The van der Waals surface area contributed by atoms with Crippen molar-refractivity contribution in [3.63, 3.8) is 0 Å². The van der Waals surface area contributed by atoms with E-state index >= 15 is 0 Å². The van der Waals surface area contributed by atoms with Gasteiger partial charge in [0.25, 0.3) is 0 Å². The maximum atomic E-state index is 11.6. The van der Waals surface area contributed by atoms with Crippen LogP contribution in [-0.2, 0) is 11.3 Å². The number of aromatic nitrogens is 2. The van der Waals surface area contributed by atoms with Gasteiger partial charge in [-0.2, -0.15) is 0 Å². The fourth-order valence-electron chi connectivity index (χ4n) is 1.78. The van der Waals surface area contributed by atoms with Gasteiger partial charge in [-0.25, -0.2) is 9.59 Å². The normalized spacial score (nSPS) is 9.44. The molecule has 0 spiro atoms. The standard InChI is InChI=1S/C13H11NO2.C6H5NO2/c15-13(12-7-4-8-14-9-12)16-10-11-5-2-1-3-6-11;8-6(9)5-2-1-3-7-4-5/h1-9H,10H2;1-4H,(H,8,9). The second-order valence-corrected chi connectivity index (χ2v) is 4.85. The Bertz CT molecular complexity index is 793. The van der Waals surface area contributed by atoms with Crippen LogP contribution in [0, 0.1) is 0 Å². The maximum Gasteiger partial charge on any atom is 0.340 e. The molecule has 0 aliphatic rings. The van der Waals surface area contributed by atoms with Gasteiger partial charge in [0, 0.05) is 24.8 Å². The summed E-state index contributed by atoms with van der Waals surface area (Å²) < 4.78 is 5.14. The van der Waals surface area contributed by atoms with E-state index < -0.39 is 5.97 Å². The molecule has 1 aromatic carbocycles. The molecule has 0 atom stereocenters. The fourth-order valence-corrected chi connectivity index (χ4v) is 1.78. The molecule has 1 N–H and O–H groups in total. The molecular formula is C19H16N2O4. The predicted octanol–water partition coefficient (Wildman–Crippen LogP) is 3.22.